The SMILES string of the molecule is CC1(C(=O)O)CC2CC(C1)C(=O)N(c1ccc(-c3cc(-c4ccccn4)cc(-c4ccccn4)c3)cc1)C2=O. The average Bonchev–Trinajstić information content (AvgIpc) is 2.97. The second-order valence-electron chi connectivity index (χ2n) is 10.7. The summed E-state index contributed by atoms with van der Waals surface area (Å²) >= 11 is 0. The zero-order valence-electron chi connectivity index (χ0n) is 21.4. The maximum Gasteiger partial charge on any atom is 0.309 e. The lowest BCUT2D eigenvalue weighted by Gasteiger charge is -2.44. The number of nitrogens with zero attached hydrogens (tertiary/aromatic N) is 3. The van der Waals surface area contributed by atoms with Gasteiger partial charge in [-0.15, -0.1) is 0 Å². The number of benzene rings is 2. The van der Waals surface area contributed by atoms with E-state index in [0.717, 1.165) is 33.6 Å². The summed E-state index contributed by atoms with van der Waals surface area (Å²) in [5.41, 5.74) is 4.92. The Morgan fingerprint density at radius 2 is 1.28 bits per heavy atom. The lowest BCUT2D eigenvalue weighted by molar-refractivity contribution is -0.156. The maximum absolute atomic E-state index is 13.3. The van der Waals surface area contributed by atoms with Crippen LogP contribution in [0.2, 0.25) is 0 Å². The summed E-state index contributed by atoms with van der Waals surface area (Å²) in [4.78, 5) is 48.8. The number of pyridine rings is 2. The van der Waals surface area contributed by atoms with Crippen LogP contribution >= 0.6 is 0 Å². The smallest absolute Gasteiger partial charge is 0.309 e. The Morgan fingerprint density at radius 3 is 1.74 bits per heavy atom. The highest BCUT2D eigenvalue weighted by Crippen LogP contribution is 2.47. The minimum absolute atomic E-state index is 0.246. The van der Waals surface area contributed by atoms with Gasteiger partial charge in [-0.1, -0.05) is 24.3 Å². The van der Waals surface area contributed by atoms with Gasteiger partial charge in [0.05, 0.1) is 22.5 Å². The molecule has 3 heterocycles. The molecule has 2 aromatic heterocycles. The molecule has 2 aromatic carbocycles. The number of carboxylic acid groups (broad SMARTS) is 1. The Morgan fingerprint density at radius 1 is 0.769 bits per heavy atom. The highest BCUT2D eigenvalue weighted by molar-refractivity contribution is 6.18. The average molecular weight is 518 g/mol. The van der Waals surface area contributed by atoms with Crippen molar-refractivity contribution < 1.29 is 19.5 Å². The molecule has 2 bridgehead atoms. The van der Waals surface area contributed by atoms with Crippen molar-refractivity contribution in [3.05, 3.63) is 91.3 Å². The summed E-state index contributed by atoms with van der Waals surface area (Å²) in [7, 11) is 0. The van der Waals surface area contributed by atoms with Gasteiger partial charge >= 0.3 is 5.97 Å². The molecule has 0 spiro atoms. The summed E-state index contributed by atoms with van der Waals surface area (Å²) in [5.74, 6) is -2.53. The van der Waals surface area contributed by atoms with Crippen LogP contribution in [0.3, 0.4) is 0 Å². The molecule has 7 heteroatoms. The van der Waals surface area contributed by atoms with E-state index in [9.17, 15) is 19.5 Å². The number of aromatic nitrogens is 2. The van der Waals surface area contributed by atoms with Crippen LogP contribution in [0.1, 0.15) is 26.2 Å². The fourth-order valence-corrected chi connectivity index (χ4v) is 5.92. The van der Waals surface area contributed by atoms with Crippen LogP contribution in [0.4, 0.5) is 5.69 Å². The van der Waals surface area contributed by atoms with Gasteiger partial charge in [0.25, 0.3) is 0 Å². The molecule has 2 aliphatic rings. The highest BCUT2D eigenvalue weighted by Gasteiger charge is 2.52. The number of amides is 2. The fourth-order valence-electron chi connectivity index (χ4n) is 5.92. The van der Waals surface area contributed by atoms with E-state index in [1.807, 2.05) is 48.5 Å². The molecule has 1 N–H and O–H groups in total. The monoisotopic (exact) mass is 517 g/mol. The third-order valence-electron chi connectivity index (χ3n) is 7.93. The second-order valence-corrected chi connectivity index (χ2v) is 10.7. The Kier molecular flexibility index (Phi) is 6.06. The van der Waals surface area contributed by atoms with E-state index >= 15 is 0 Å². The number of anilines is 1. The van der Waals surface area contributed by atoms with Crippen LogP contribution in [0.25, 0.3) is 33.6 Å². The molecule has 6 rings (SSSR count). The van der Waals surface area contributed by atoms with E-state index in [-0.39, 0.29) is 24.7 Å². The van der Waals surface area contributed by atoms with Gasteiger partial charge in [-0.2, -0.15) is 0 Å². The molecule has 7 nitrogen and oxygen atoms in total. The summed E-state index contributed by atoms with van der Waals surface area (Å²) < 4.78 is 0. The topological polar surface area (TPSA) is 100 Å². The molecule has 1 aliphatic heterocycles. The standard InChI is InChI=1S/C32H27N3O4/c1-32(31(38)39)18-24-17-25(19-32)30(37)35(29(24)36)26-10-8-20(9-11-26)21-14-22(27-6-2-4-12-33-27)16-23(15-21)28-7-3-5-13-34-28/h2-16,24-25H,17-19H2,1H3,(H,38,39). The number of carbonyl (C=O) groups is 3. The number of rotatable bonds is 5. The van der Waals surface area contributed by atoms with Gasteiger partial charge in [0, 0.05) is 35.4 Å². The molecule has 0 radical (unpaired) electrons. The second kappa shape index (κ2) is 9.58. The van der Waals surface area contributed by atoms with Crippen LogP contribution in [-0.2, 0) is 14.4 Å². The van der Waals surface area contributed by atoms with Gasteiger partial charge in [-0.3, -0.25) is 29.3 Å². The Hall–Kier alpha value is -4.65. The van der Waals surface area contributed by atoms with E-state index < -0.39 is 23.2 Å². The summed E-state index contributed by atoms with van der Waals surface area (Å²) in [6.07, 6.45) is 4.44. The van der Waals surface area contributed by atoms with E-state index in [1.165, 1.54) is 4.90 Å². The molecule has 4 aromatic rings. The summed E-state index contributed by atoms with van der Waals surface area (Å²) in [6.45, 7) is 1.64. The number of hydrogen-bond acceptors (Lipinski definition) is 5. The van der Waals surface area contributed by atoms with Gasteiger partial charge in [-0.25, -0.2) is 0 Å². The van der Waals surface area contributed by atoms with Crippen LogP contribution in [-0.4, -0.2) is 32.9 Å². The number of aliphatic carboxylic acids is 1. The van der Waals surface area contributed by atoms with Crippen molar-refractivity contribution in [2.24, 2.45) is 17.3 Å². The molecule has 2 unspecified atom stereocenters. The van der Waals surface area contributed by atoms with E-state index in [1.54, 1.807) is 31.5 Å². The molecular formula is C32H27N3O4. The first-order valence-electron chi connectivity index (χ1n) is 13.0. The predicted molar refractivity (Wildman–Crippen MR) is 147 cm³/mol. The summed E-state index contributed by atoms with van der Waals surface area (Å²) in [6, 6.07) is 25.2. The lowest BCUT2D eigenvalue weighted by Crippen LogP contribution is -2.55. The lowest BCUT2D eigenvalue weighted by atomic mass is 9.64. The molecule has 39 heavy (non-hydrogen) atoms. The van der Waals surface area contributed by atoms with E-state index in [4.69, 9.17) is 0 Å². The number of carbonyl (C=O) groups excluding carboxylic acids is 2. The first kappa shape index (κ1) is 24.7. The van der Waals surface area contributed by atoms with Gasteiger partial charge in [0.1, 0.15) is 0 Å². The third kappa shape index (κ3) is 4.50. The number of carboxylic acids is 1. The minimum atomic E-state index is -1.06. The molecule has 2 atom stereocenters. The van der Waals surface area contributed by atoms with E-state index in [2.05, 4.69) is 28.2 Å². The zero-order chi connectivity index (χ0) is 27.1. The Bertz CT molecular complexity index is 1490. The maximum atomic E-state index is 13.3. The quantitative estimate of drug-likeness (QED) is 0.333. The normalized spacial score (nSPS) is 22.5. The van der Waals surface area contributed by atoms with Crippen molar-refractivity contribution in [3.8, 4) is 33.6 Å². The van der Waals surface area contributed by atoms with Crippen LogP contribution in [0, 0.1) is 17.3 Å². The molecular weight excluding hydrogens is 490 g/mol. The minimum Gasteiger partial charge on any atom is -0.481 e. The van der Waals surface area contributed by atoms with Gasteiger partial charge in [-0.05, 0) is 91.9 Å². The molecule has 2 fully saturated rings. The number of hydrogen-bond donors (Lipinski definition) is 1. The van der Waals surface area contributed by atoms with Crippen LogP contribution in [0.15, 0.2) is 91.3 Å². The Labute approximate surface area is 226 Å². The molecule has 2 amide bonds. The molecule has 1 saturated heterocycles. The van der Waals surface area contributed by atoms with Crippen molar-refractivity contribution in [2.75, 3.05) is 4.90 Å². The number of imide groups is 1. The van der Waals surface area contributed by atoms with Crippen molar-refractivity contribution in [2.45, 2.75) is 26.2 Å². The fraction of sp³-hybridized carbons (Fsp3) is 0.219. The number of piperidine rings is 1. The Balaban J connectivity index is 1.34. The van der Waals surface area contributed by atoms with Crippen molar-refractivity contribution in [3.63, 3.8) is 0 Å². The predicted octanol–water partition coefficient (Wildman–Crippen LogP) is 5.86. The van der Waals surface area contributed by atoms with E-state index in [0.29, 0.717) is 12.1 Å². The third-order valence-corrected chi connectivity index (χ3v) is 7.93. The largest absolute Gasteiger partial charge is 0.481 e. The molecule has 1 aliphatic carbocycles. The van der Waals surface area contributed by atoms with Crippen molar-refractivity contribution in [1.82, 2.24) is 9.97 Å². The van der Waals surface area contributed by atoms with Gasteiger partial charge < -0.3 is 5.11 Å². The van der Waals surface area contributed by atoms with Gasteiger partial charge in [0.15, 0.2) is 0 Å². The molecule has 194 valence electrons. The van der Waals surface area contributed by atoms with Crippen LogP contribution < -0.4 is 4.90 Å². The first-order valence-corrected chi connectivity index (χ1v) is 13.0. The summed E-state index contributed by atoms with van der Waals surface area (Å²) in [5, 5.41) is 9.69. The number of fused-ring (bicyclic) bond motifs is 2. The first-order chi connectivity index (χ1) is 18.8. The van der Waals surface area contributed by atoms with Crippen molar-refractivity contribution in [1.29, 1.82) is 0 Å². The van der Waals surface area contributed by atoms with Gasteiger partial charge in [0.2, 0.25) is 11.8 Å². The molecule has 1 saturated carbocycles. The zero-order valence-corrected chi connectivity index (χ0v) is 21.4. The van der Waals surface area contributed by atoms with Crippen LogP contribution in [0.5, 0.6) is 0 Å². The highest BCUT2D eigenvalue weighted by atomic mass is 16.4. The van der Waals surface area contributed by atoms with Crippen molar-refractivity contribution >= 4 is 23.5 Å².